The van der Waals surface area contributed by atoms with Gasteiger partial charge in [0.05, 0.1) is 11.8 Å². The lowest BCUT2D eigenvalue weighted by Crippen LogP contribution is -2.51. The zero-order valence-electron chi connectivity index (χ0n) is 18.4. The Morgan fingerprint density at radius 3 is 2.71 bits per heavy atom. The Kier molecular flexibility index (Phi) is 6.70. The van der Waals surface area contributed by atoms with Crippen LogP contribution in [0.4, 0.5) is 35.3 Å². The molecule has 2 fully saturated rings. The van der Waals surface area contributed by atoms with Gasteiger partial charge in [0.15, 0.2) is 11.5 Å². The number of halogens is 4. The standard InChI is InChI=1S/C22H23ClF3N7O/c1-32(17-8-13(22(24,25)26)7-14(23)9-17)21(34)30-16-3-2-6-33(12-16)19-11-28-18(10-27)20(31-19)29-15-4-5-15/h7-9,11,15-16H,2-6,12H2,1H3,(H,29,31)(H,30,34). The van der Waals surface area contributed by atoms with E-state index in [1.165, 1.54) is 19.3 Å². The largest absolute Gasteiger partial charge is 0.416 e. The van der Waals surface area contributed by atoms with Crippen LogP contribution in [0.25, 0.3) is 0 Å². The predicted molar refractivity (Wildman–Crippen MR) is 122 cm³/mol. The Hall–Kier alpha value is -3.26. The maximum Gasteiger partial charge on any atom is 0.416 e. The van der Waals surface area contributed by atoms with Gasteiger partial charge in [0, 0.05) is 42.9 Å². The predicted octanol–water partition coefficient (Wildman–Crippen LogP) is 4.41. The monoisotopic (exact) mass is 493 g/mol. The van der Waals surface area contributed by atoms with Crippen LogP contribution in [0.5, 0.6) is 0 Å². The molecule has 2 aromatic rings. The lowest BCUT2D eigenvalue weighted by atomic mass is 10.1. The third-order valence-corrected chi connectivity index (χ3v) is 5.98. The summed E-state index contributed by atoms with van der Waals surface area (Å²) in [6.07, 6.45) is 0.500. The van der Waals surface area contributed by atoms with Gasteiger partial charge in [-0.25, -0.2) is 14.8 Å². The van der Waals surface area contributed by atoms with Gasteiger partial charge < -0.3 is 15.5 Å². The summed E-state index contributed by atoms with van der Waals surface area (Å²) in [6, 6.07) is 4.58. The van der Waals surface area contributed by atoms with Gasteiger partial charge in [-0.05, 0) is 43.9 Å². The number of piperidine rings is 1. The molecule has 180 valence electrons. The van der Waals surface area contributed by atoms with Gasteiger partial charge in [0.25, 0.3) is 0 Å². The summed E-state index contributed by atoms with van der Waals surface area (Å²) in [5, 5.41) is 15.3. The van der Waals surface area contributed by atoms with E-state index in [0.717, 1.165) is 36.3 Å². The molecular formula is C22H23ClF3N7O. The number of benzene rings is 1. The van der Waals surface area contributed by atoms with Gasteiger partial charge in [-0.2, -0.15) is 18.4 Å². The second-order valence-electron chi connectivity index (χ2n) is 8.45. The van der Waals surface area contributed by atoms with E-state index in [1.54, 1.807) is 0 Å². The topological polar surface area (TPSA) is 97.2 Å². The number of nitriles is 1. The number of hydrogen-bond donors (Lipinski definition) is 2. The van der Waals surface area contributed by atoms with Crippen LogP contribution < -0.4 is 20.4 Å². The van der Waals surface area contributed by atoms with Crippen molar-refractivity contribution in [1.82, 2.24) is 15.3 Å². The van der Waals surface area contributed by atoms with Crippen molar-refractivity contribution in [1.29, 1.82) is 5.26 Å². The third-order valence-electron chi connectivity index (χ3n) is 5.76. The maximum absolute atomic E-state index is 13.1. The molecule has 1 aliphatic heterocycles. The minimum atomic E-state index is -4.57. The molecule has 4 rings (SSSR count). The number of anilines is 3. The van der Waals surface area contributed by atoms with Crippen LogP contribution in [0.15, 0.2) is 24.4 Å². The minimum Gasteiger partial charge on any atom is -0.365 e. The van der Waals surface area contributed by atoms with Crippen molar-refractivity contribution >= 4 is 35.0 Å². The molecule has 34 heavy (non-hydrogen) atoms. The Bertz CT molecular complexity index is 1120. The van der Waals surface area contributed by atoms with Crippen LogP contribution in [0, 0.1) is 11.3 Å². The molecule has 2 aliphatic rings. The molecule has 0 spiro atoms. The Labute approximate surface area is 199 Å². The van der Waals surface area contributed by atoms with E-state index >= 15 is 0 Å². The van der Waals surface area contributed by atoms with Crippen molar-refractivity contribution in [3.05, 3.63) is 40.7 Å². The molecule has 2 N–H and O–H groups in total. The smallest absolute Gasteiger partial charge is 0.365 e. The number of carbonyl (C=O) groups is 1. The SMILES string of the molecule is CN(C(=O)NC1CCCN(c2cnc(C#N)c(NC3CC3)n2)C1)c1cc(Cl)cc(C(F)(F)F)c1. The molecule has 1 aromatic carbocycles. The van der Waals surface area contributed by atoms with E-state index < -0.39 is 17.8 Å². The first-order chi connectivity index (χ1) is 16.1. The fourth-order valence-corrected chi connectivity index (χ4v) is 3.99. The van der Waals surface area contributed by atoms with E-state index in [2.05, 4.69) is 20.6 Å². The zero-order valence-corrected chi connectivity index (χ0v) is 19.1. The molecule has 1 unspecified atom stereocenters. The minimum absolute atomic E-state index is 0.0405. The number of urea groups is 1. The van der Waals surface area contributed by atoms with Crippen molar-refractivity contribution in [2.75, 3.05) is 35.3 Å². The van der Waals surface area contributed by atoms with Gasteiger partial charge in [-0.3, -0.25) is 4.90 Å². The van der Waals surface area contributed by atoms with Gasteiger partial charge >= 0.3 is 12.2 Å². The molecule has 2 amide bonds. The fourth-order valence-electron chi connectivity index (χ4n) is 3.76. The summed E-state index contributed by atoms with van der Waals surface area (Å²) in [5.74, 6) is 1.05. The maximum atomic E-state index is 13.1. The highest BCUT2D eigenvalue weighted by molar-refractivity contribution is 6.31. The summed E-state index contributed by atoms with van der Waals surface area (Å²) in [7, 11) is 1.39. The highest BCUT2D eigenvalue weighted by Crippen LogP contribution is 2.34. The van der Waals surface area contributed by atoms with Crippen molar-refractivity contribution in [3.63, 3.8) is 0 Å². The Morgan fingerprint density at radius 1 is 1.26 bits per heavy atom. The molecule has 1 saturated heterocycles. The summed E-state index contributed by atoms with van der Waals surface area (Å²) in [6.45, 7) is 1.15. The average molecular weight is 494 g/mol. The zero-order chi connectivity index (χ0) is 24.5. The summed E-state index contributed by atoms with van der Waals surface area (Å²) < 4.78 is 39.4. The molecule has 1 aliphatic carbocycles. The van der Waals surface area contributed by atoms with Crippen LogP contribution >= 0.6 is 11.6 Å². The molecule has 12 heteroatoms. The molecular weight excluding hydrogens is 471 g/mol. The third kappa shape index (κ3) is 5.62. The highest BCUT2D eigenvalue weighted by atomic mass is 35.5. The molecule has 0 bridgehead atoms. The van der Waals surface area contributed by atoms with Gasteiger partial charge in [-0.1, -0.05) is 11.6 Å². The van der Waals surface area contributed by atoms with E-state index in [0.29, 0.717) is 37.2 Å². The quantitative estimate of drug-likeness (QED) is 0.640. The highest BCUT2D eigenvalue weighted by Gasteiger charge is 2.32. The van der Waals surface area contributed by atoms with Crippen molar-refractivity contribution < 1.29 is 18.0 Å². The second kappa shape index (κ2) is 9.54. The van der Waals surface area contributed by atoms with Crippen LogP contribution in [0.2, 0.25) is 5.02 Å². The van der Waals surface area contributed by atoms with Gasteiger partial charge in [0.1, 0.15) is 11.9 Å². The average Bonchev–Trinajstić information content (AvgIpc) is 3.61. The first-order valence-electron chi connectivity index (χ1n) is 10.8. The molecule has 0 radical (unpaired) electrons. The summed E-state index contributed by atoms with van der Waals surface area (Å²) in [4.78, 5) is 24.7. The van der Waals surface area contributed by atoms with Gasteiger partial charge in [-0.15, -0.1) is 0 Å². The number of aromatic nitrogens is 2. The normalized spacial score (nSPS) is 18.2. The van der Waals surface area contributed by atoms with Crippen LogP contribution in [-0.2, 0) is 6.18 Å². The van der Waals surface area contributed by atoms with E-state index in [9.17, 15) is 23.2 Å². The number of nitrogens with one attached hydrogen (secondary N) is 2. The van der Waals surface area contributed by atoms with E-state index in [4.69, 9.17) is 11.6 Å². The summed E-state index contributed by atoms with van der Waals surface area (Å²) in [5.41, 5.74) is -0.647. The number of amides is 2. The molecule has 8 nitrogen and oxygen atoms in total. The Balaban J connectivity index is 1.44. The number of rotatable bonds is 5. The first kappa shape index (κ1) is 23.9. The second-order valence-corrected chi connectivity index (χ2v) is 8.88. The molecule has 1 aromatic heterocycles. The van der Waals surface area contributed by atoms with E-state index in [-0.39, 0.29) is 22.4 Å². The lowest BCUT2D eigenvalue weighted by Gasteiger charge is -2.34. The summed E-state index contributed by atoms with van der Waals surface area (Å²) >= 11 is 5.85. The number of alkyl halides is 3. The van der Waals surface area contributed by atoms with Crippen molar-refractivity contribution in [3.8, 4) is 6.07 Å². The van der Waals surface area contributed by atoms with Gasteiger partial charge in [0.2, 0.25) is 0 Å². The molecule has 1 saturated carbocycles. The number of carbonyl (C=O) groups excluding carboxylic acids is 1. The fraction of sp³-hybridized carbons (Fsp3) is 0.455. The lowest BCUT2D eigenvalue weighted by molar-refractivity contribution is -0.137. The van der Waals surface area contributed by atoms with Crippen LogP contribution in [-0.4, -0.2) is 48.2 Å². The first-order valence-corrected chi connectivity index (χ1v) is 11.2. The number of hydrogen-bond acceptors (Lipinski definition) is 6. The number of nitrogens with zero attached hydrogens (tertiary/aromatic N) is 5. The van der Waals surface area contributed by atoms with Crippen LogP contribution in [0.1, 0.15) is 36.9 Å². The van der Waals surface area contributed by atoms with Crippen molar-refractivity contribution in [2.24, 2.45) is 0 Å². The molecule has 1 atom stereocenters. The molecule has 2 heterocycles. The van der Waals surface area contributed by atoms with Crippen LogP contribution in [0.3, 0.4) is 0 Å². The van der Waals surface area contributed by atoms with Crippen molar-refractivity contribution in [2.45, 2.75) is 43.9 Å². The van der Waals surface area contributed by atoms with E-state index in [1.807, 2.05) is 11.0 Å². The Morgan fingerprint density at radius 2 is 2.03 bits per heavy atom.